The summed E-state index contributed by atoms with van der Waals surface area (Å²) < 4.78 is 106. The van der Waals surface area contributed by atoms with Crippen molar-refractivity contribution in [1.82, 2.24) is 0 Å². The van der Waals surface area contributed by atoms with Gasteiger partial charge < -0.3 is 4.57 Å². The Morgan fingerprint density at radius 3 is 1.11 bits per heavy atom. The molecule has 0 spiro atoms. The molecule has 0 atom stereocenters. The first-order valence-corrected chi connectivity index (χ1v) is 16.5. The highest BCUT2D eigenvalue weighted by Gasteiger charge is 2.58. The smallest absolute Gasteiger partial charge is 0.307 e. The number of rotatable bonds is 7. The number of hydrogen-bond donors (Lipinski definition) is 0. The van der Waals surface area contributed by atoms with Crippen LogP contribution in [0.2, 0.25) is 0 Å². The van der Waals surface area contributed by atoms with Gasteiger partial charge in [-0.3, -0.25) is 0 Å². The zero-order valence-electron chi connectivity index (χ0n) is 24.4. The Hall–Kier alpha value is -4.35. The van der Waals surface area contributed by atoms with Crippen LogP contribution in [0.25, 0.3) is 64.6 Å². The second-order valence-electron chi connectivity index (χ2n) is 12.5. The first kappa shape index (κ1) is 29.1. The van der Waals surface area contributed by atoms with Crippen molar-refractivity contribution in [2.75, 3.05) is 0 Å². The molecule has 230 valence electrons. The van der Waals surface area contributed by atoms with Gasteiger partial charge in [-0.2, -0.15) is 8.78 Å². The zero-order chi connectivity index (χ0) is 32.2. The average molecular weight is 643 g/mol. The summed E-state index contributed by atoms with van der Waals surface area (Å²) in [6.07, 6.45) is -4.38. The van der Waals surface area contributed by atoms with E-state index in [1.54, 1.807) is 24.3 Å². The summed E-state index contributed by atoms with van der Waals surface area (Å²) in [5.74, 6) is -8.40. The molecule has 0 saturated carbocycles. The molecule has 8 aromatic rings. The average Bonchev–Trinajstić information content (AvgIpc) is 3.00. The van der Waals surface area contributed by atoms with Crippen molar-refractivity contribution in [1.29, 1.82) is 0 Å². The maximum absolute atomic E-state index is 16.7. The van der Waals surface area contributed by atoms with Gasteiger partial charge in [-0.1, -0.05) is 84.9 Å². The van der Waals surface area contributed by atoms with Crippen molar-refractivity contribution in [2.24, 2.45) is 0 Å². The van der Waals surface area contributed by atoms with Crippen LogP contribution in [0.4, 0.5) is 26.3 Å². The summed E-state index contributed by atoms with van der Waals surface area (Å²) in [5, 5.41) is 8.59. The Morgan fingerprint density at radius 2 is 0.783 bits per heavy atom. The van der Waals surface area contributed by atoms with Gasteiger partial charge in [0.25, 0.3) is 11.8 Å². The fraction of sp³-hybridized carbons (Fsp3) is 0.158. The lowest BCUT2D eigenvalue weighted by molar-refractivity contribution is -0.131. The summed E-state index contributed by atoms with van der Waals surface area (Å²) in [5.41, 5.74) is -4.58. The van der Waals surface area contributed by atoms with Crippen molar-refractivity contribution in [3.05, 3.63) is 109 Å². The Balaban J connectivity index is 1.42. The zero-order valence-corrected chi connectivity index (χ0v) is 25.3. The molecule has 0 fully saturated rings. The van der Waals surface area contributed by atoms with E-state index in [9.17, 15) is 8.78 Å². The fourth-order valence-electron chi connectivity index (χ4n) is 7.30. The van der Waals surface area contributed by atoms with Crippen molar-refractivity contribution < 1.29 is 30.9 Å². The predicted octanol–water partition coefficient (Wildman–Crippen LogP) is 11.5. The SMILES string of the molecule is CC(F)(F)CC(F)(F)CC(F)(F)P(=O)(c1cc2ccc3cccc4ccc(c1)c2c34)c1cc2ccc3cccc4ccc(c1)c2c34. The molecule has 0 bridgehead atoms. The van der Waals surface area contributed by atoms with Gasteiger partial charge in [0, 0.05) is 10.6 Å². The van der Waals surface area contributed by atoms with Crippen LogP contribution >= 0.6 is 7.14 Å². The number of benzene rings is 8. The fourth-order valence-corrected chi connectivity index (χ4v) is 10.1. The first-order valence-electron chi connectivity index (χ1n) is 14.8. The Kier molecular flexibility index (Phi) is 6.06. The van der Waals surface area contributed by atoms with E-state index in [0.717, 1.165) is 43.1 Å². The molecule has 1 nitrogen and oxygen atoms in total. The van der Waals surface area contributed by atoms with Crippen LogP contribution < -0.4 is 10.6 Å². The van der Waals surface area contributed by atoms with E-state index >= 15 is 22.1 Å². The maximum Gasteiger partial charge on any atom is 0.311 e. The Labute approximate surface area is 259 Å². The van der Waals surface area contributed by atoms with E-state index in [2.05, 4.69) is 0 Å². The van der Waals surface area contributed by atoms with Crippen LogP contribution in [0.1, 0.15) is 19.8 Å². The minimum Gasteiger partial charge on any atom is -0.307 e. The van der Waals surface area contributed by atoms with Gasteiger partial charge in [-0.05, 0) is 95.8 Å². The summed E-state index contributed by atoms with van der Waals surface area (Å²) in [7, 11) is -5.28. The van der Waals surface area contributed by atoms with Gasteiger partial charge in [0.05, 0.1) is 12.8 Å². The molecule has 46 heavy (non-hydrogen) atoms. The van der Waals surface area contributed by atoms with Gasteiger partial charge in [0.15, 0.2) is 0 Å². The molecule has 0 N–H and O–H groups in total. The van der Waals surface area contributed by atoms with Crippen molar-refractivity contribution in [3.8, 4) is 0 Å². The van der Waals surface area contributed by atoms with Gasteiger partial charge >= 0.3 is 5.66 Å². The van der Waals surface area contributed by atoms with Gasteiger partial charge in [-0.15, -0.1) is 0 Å². The number of halogens is 6. The van der Waals surface area contributed by atoms with Gasteiger partial charge in [-0.25, -0.2) is 17.6 Å². The lowest BCUT2D eigenvalue weighted by atomic mass is 9.94. The summed E-state index contributed by atoms with van der Waals surface area (Å²) in [6.45, 7) is 0.261. The van der Waals surface area contributed by atoms with Gasteiger partial charge in [0.1, 0.15) is 0 Å². The molecular formula is C38H25F6OP. The third-order valence-corrected chi connectivity index (χ3v) is 12.2. The van der Waals surface area contributed by atoms with Crippen LogP contribution in [0.5, 0.6) is 0 Å². The van der Waals surface area contributed by atoms with E-state index in [0.29, 0.717) is 21.5 Å². The standard InChI is InChI=1S/C38H25F6OP/c1-36(39,40)20-37(41,42)21-38(43,44)46(45,30-16-26-12-8-22-4-2-5-23-9-13-27(17-30)34(26)32(22)23)31-18-28-14-10-24-6-3-7-25-11-15-29(19-31)35(28)33(24)25/h2-19H,20-21H2,1H3. The molecule has 0 heterocycles. The highest BCUT2D eigenvalue weighted by molar-refractivity contribution is 7.79. The molecule has 8 heteroatoms. The monoisotopic (exact) mass is 642 g/mol. The highest BCUT2D eigenvalue weighted by Crippen LogP contribution is 2.63. The molecule has 8 aromatic carbocycles. The second kappa shape index (κ2) is 9.59. The topological polar surface area (TPSA) is 17.1 Å². The van der Waals surface area contributed by atoms with Crippen molar-refractivity contribution >= 4 is 82.4 Å². The van der Waals surface area contributed by atoms with Crippen LogP contribution in [0.15, 0.2) is 109 Å². The molecule has 0 aromatic heterocycles. The Bertz CT molecular complexity index is 2240. The largest absolute Gasteiger partial charge is 0.311 e. The molecule has 0 radical (unpaired) electrons. The van der Waals surface area contributed by atoms with Crippen molar-refractivity contribution in [3.63, 3.8) is 0 Å². The molecule has 0 amide bonds. The van der Waals surface area contributed by atoms with Gasteiger partial charge in [0.2, 0.25) is 7.14 Å². The molecule has 8 rings (SSSR count). The van der Waals surface area contributed by atoms with E-state index in [-0.39, 0.29) is 17.5 Å². The third-order valence-electron chi connectivity index (χ3n) is 9.12. The molecule has 0 aliphatic rings. The normalized spacial score (nSPS) is 13.8. The lowest BCUT2D eigenvalue weighted by Crippen LogP contribution is -2.38. The molecule has 0 saturated heterocycles. The third kappa shape index (κ3) is 4.35. The van der Waals surface area contributed by atoms with Crippen LogP contribution in [-0.2, 0) is 4.57 Å². The minimum absolute atomic E-state index is 0.261. The van der Waals surface area contributed by atoms with E-state index < -0.39 is 37.5 Å². The van der Waals surface area contributed by atoms with Crippen molar-refractivity contribution in [2.45, 2.75) is 37.3 Å². The minimum atomic E-state index is -5.28. The first-order chi connectivity index (χ1) is 21.7. The lowest BCUT2D eigenvalue weighted by Gasteiger charge is -2.32. The van der Waals surface area contributed by atoms with Crippen LogP contribution in [0, 0.1) is 0 Å². The van der Waals surface area contributed by atoms with E-state index in [1.807, 2.05) is 60.7 Å². The van der Waals surface area contributed by atoms with E-state index in [1.165, 1.54) is 24.3 Å². The molecule has 0 aliphatic heterocycles. The summed E-state index contributed by atoms with van der Waals surface area (Å²) in [4.78, 5) is 0. The molecule has 0 aliphatic carbocycles. The van der Waals surface area contributed by atoms with Crippen LogP contribution in [0.3, 0.4) is 0 Å². The second-order valence-corrected chi connectivity index (χ2v) is 15.4. The maximum atomic E-state index is 16.7. The summed E-state index contributed by atoms with van der Waals surface area (Å²) in [6, 6.07) is 31.4. The molecule has 0 unspecified atom stereocenters. The predicted molar refractivity (Wildman–Crippen MR) is 177 cm³/mol. The Morgan fingerprint density at radius 1 is 0.478 bits per heavy atom. The molecular weight excluding hydrogens is 617 g/mol. The van der Waals surface area contributed by atoms with E-state index in [4.69, 9.17) is 0 Å². The quantitative estimate of drug-likeness (QED) is 0.0961. The highest BCUT2D eigenvalue weighted by atomic mass is 31.2. The van der Waals surface area contributed by atoms with Crippen LogP contribution in [-0.4, -0.2) is 17.5 Å². The number of hydrogen-bond acceptors (Lipinski definition) is 1. The summed E-state index contributed by atoms with van der Waals surface area (Å²) >= 11 is 0. The number of alkyl halides is 6.